The van der Waals surface area contributed by atoms with Crippen LogP contribution in [0.15, 0.2) is 48.5 Å². The Bertz CT molecular complexity index is 808. The molecule has 2 aromatic carbocycles. The molecule has 106 valence electrons. The van der Waals surface area contributed by atoms with Crippen LogP contribution in [-0.2, 0) is 6.54 Å². The molecule has 0 radical (unpaired) electrons. The maximum atomic E-state index is 6.11. The summed E-state index contributed by atoms with van der Waals surface area (Å²) < 4.78 is 1.32. The Balaban J connectivity index is 1.84. The fourth-order valence-corrected chi connectivity index (χ4v) is 4.57. The largest absolute Gasteiger partial charge is 0.301 e. The molecule has 0 saturated carbocycles. The third-order valence-corrected chi connectivity index (χ3v) is 5.67. The van der Waals surface area contributed by atoms with Crippen molar-refractivity contribution in [1.82, 2.24) is 4.90 Å². The van der Waals surface area contributed by atoms with Crippen LogP contribution in [0.4, 0.5) is 0 Å². The summed E-state index contributed by atoms with van der Waals surface area (Å²) in [5.74, 6) is 0.469. The summed E-state index contributed by atoms with van der Waals surface area (Å²) in [5, 5.41) is 2.07. The van der Waals surface area contributed by atoms with Crippen molar-refractivity contribution in [2.75, 3.05) is 13.6 Å². The molecule has 3 aromatic rings. The van der Waals surface area contributed by atoms with Crippen LogP contribution in [-0.4, -0.2) is 18.5 Å². The zero-order chi connectivity index (χ0) is 14.4. The summed E-state index contributed by atoms with van der Waals surface area (Å²) >= 11 is 8.01. The SMILES string of the molecule is CN1Cc2ccccc2C(c2cc3cc(Cl)ccc3s2)C1. The van der Waals surface area contributed by atoms with Crippen LogP contribution in [0.1, 0.15) is 21.9 Å². The number of hydrogen-bond acceptors (Lipinski definition) is 2. The lowest BCUT2D eigenvalue weighted by Crippen LogP contribution is -2.30. The van der Waals surface area contributed by atoms with E-state index < -0.39 is 0 Å². The van der Waals surface area contributed by atoms with Crippen LogP contribution in [0.2, 0.25) is 5.02 Å². The van der Waals surface area contributed by atoms with E-state index in [4.69, 9.17) is 11.6 Å². The minimum absolute atomic E-state index is 0.469. The number of benzene rings is 2. The predicted octanol–water partition coefficient (Wildman–Crippen LogP) is 5.13. The number of likely N-dealkylation sites (N-methyl/N-ethyl adjacent to an activating group) is 1. The van der Waals surface area contributed by atoms with Crippen LogP contribution < -0.4 is 0 Å². The van der Waals surface area contributed by atoms with E-state index in [1.807, 2.05) is 17.4 Å². The molecule has 0 aliphatic carbocycles. The molecule has 21 heavy (non-hydrogen) atoms. The molecule has 0 N–H and O–H groups in total. The Kier molecular flexibility index (Phi) is 3.26. The van der Waals surface area contributed by atoms with Gasteiger partial charge in [0.15, 0.2) is 0 Å². The molecule has 0 spiro atoms. The van der Waals surface area contributed by atoms with Crippen molar-refractivity contribution in [3.8, 4) is 0 Å². The van der Waals surface area contributed by atoms with E-state index in [1.165, 1.54) is 26.1 Å². The minimum Gasteiger partial charge on any atom is -0.301 e. The van der Waals surface area contributed by atoms with Crippen molar-refractivity contribution < 1.29 is 0 Å². The van der Waals surface area contributed by atoms with Crippen molar-refractivity contribution in [3.05, 3.63) is 69.6 Å². The molecule has 3 heteroatoms. The maximum Gasteiger partial charge on any atom is 0.0412 e. The molecule has 0 amide bonds. The quantitative estimate of drug-likeness (QED) is 0.602. The summed E-state index contributed by atoms with van der Waals surface area (Å²) in [7, 11) is 2.20. The fraction of sp³-hybridized carbons (Fsp3) is 0.222. The van der Waals surface area contributed by atoms with E-state index >= 15 is 0 Å². The van der Waals surface area contributed by atoms with Gasteiger partial charge >= 0.3 is 0 Å². The Morgan fingerprint density at radius 1 is 1.14 bits per heavy atom. The summed E-state index contributed by atoms with van der Waals surface area (Å²) in [6.45, 7) is 2.13. The first-order chi connectivity index (χ1) is 10.2. The fourth-order valence-electron chi connectivity index (χ4n) is 3.23. The smallest absolute Gasteiger partial charge is 0.0412 e. The average molecular weight is 314 g/mol. The highest BCUT2D eigenvalue weighted by Crippen LogP contribution is 2.39. The van der Waals surface area contributed by atoms with Gasteiger partial charge in [0.2, 0.25) is 0 Å². The van der Waals surface area contributed by atoms with Gasteiger partial charge in [0.1, 0.15) is 0 Å². The number of halogens is 1. The van der Waals surface area contributed by atoms with E-state index in [0.717, 1.165) is 18.1 Å². The Hall–Kier alpha value is -1.35. The van der Waals surface area contributed by atoms with E-state index in [9.17, 15) is 0 Å². The van der Waals surface area contributed by atoms with Crippen LogP contribution in [0.5, 0.6) is 0 Å². The van der Waals surface area contributed by atoms with E-state index in [1.54, 1.807) is 0 Å². The van der Waals surface area contributed by atoms with Gasteiger partial charge in [0.25, 0.3) is 0 Å². The van der Waals surface area contributed by atoms with Crippen LogP contribution in [0.3, 0.4) is 0 Å². The molecule has 1 unspecified atom stereocenters. The molecule has 1 aliphatic heterocycles. The second-order valence-electron chi connectivity index (χ2n) is 5.78. The maximum absolute atomic E-state index is 6.11. The van der Waals surface area contributed by atoms with Gasteiger partial charge in [-0.25, -0.2) is 0 Å². The van der Waals surface area contributed by atoms with Gasteiger partial charge < -0.3 is 4.90 Å². The van der Waals surface area contributed by atoms with Crippen LogP contribution in [0, 0.1) is 0 Å². The lowest BCUT2D eigenvalue weighted by molar-refractivity contribution is 0.296. The highest BCUT2D eigenvalue weighted by atomic mass is 35.5. The molecule has 1 aliphatic rings. The highest BCUT2D eigenvalue weighted by molar-refractivity contribution is 7.19. The number of fused-ring (bicyclic) bond motifs is 2. The monoisotopic (exact) mass is 313 g/mol. The first kappa shape index (κ1) is 13.3. The van der Waals surface area contributed by atoms with Crippen LogP contribution in [0.25, 0.3) is 10.1 Å². The van der Waals surface area contributed by atoms with Gasteiger partial charge in [-0.15, -0.1) is 11.3 Å². The van der Waals surface area contributed by atoms with Gasteiger partial charge in [-0.05, 0) is 47.8 Å². The highest BCUT2D eigenvalue weighted by Gasteiger charge is 2.25. The van der Waals surface area contributed by atoms with Crippen molar-refractivity contribution >= 4 is 33.0 Å². The van der Waals surface area contributed by atoms with Gasteiger partial charge in [0, 0.05) is 33.6 Å². The summed E-state index contributed by atoms with van der Waals surface area (Å²) in [6.07, 6.45) is 0. The third-order valence-electron chi connectivity index (χ3n) is 4.21. The Morgan fingerprint density at radius 3 is 2.90 bits per heavy atom. The standard InChI is InChI=1S/C18H16ClNS/c1-20-10-12-4-2-3-5-15(12)16(11-20)18-9-13-8-14(19)6-7-17(13)21-18/h2-9,16H,10-11H2,1H3. The molecule has 1 atom stereocenters. The summed E-state index contributed by atoms with van der Waals surface area (Å²) in [5.41, 5.74) is 2.93. The van der Waals surface area contributed by atoms with Gasteiger partial charge in [-0.2, -0.15) is 0 Å². The van der Waals surface area contributed by atoms with E-state index in [0.29, 0.717) is 5.92 Å². The van der Waals surface area contributed by atoms with E-state index in [2.05, 4.69) is 54.4 Å². The number of hydrogen-bond donors (Lipinski definition) is 0. The minimum atomic E-state index is 0.469. The first-order valence-corrected chi connectivity index (χ1v) is 8.35. The normalized spacial score (nSPS) is 18.9. The Morgan fingerprint density at radius 2 is 2.00 bits per heavy atom. The molecule has 0 bridgehead atoms. The van der Waals surface area contributed by atoms with Crippen molar-refractivity contribution in [3.63, 3.8) is 0 Å². The van der Waals surface area contributed by atoms with Crippen molar-refractivity contribution in [1.29, 1.82) is 0 Å². The molecule has 1 nitrogen and oxygen atoms in total. The molecule has 2 heterocycles. The lowest BCUT2D eigenvalue weighted by Gasteiger charge is -2.31. The van der Waals surface area contributed by atoms with Gasteiger partial charge in [-0.1, -0.05) is 35.9 Å². The predicted molar refractivity (Wildman–Crippen MR) is 91.5 cm³/mol. The second-order valence-corrected chi connectivity index (χ2v) is 7.33. The van der Waals surface area contributed by atoms with Gasteiger partial charge in [-0.3, -0.25) is 0 Å². The molecule has 1 aromatic heterocycles. The van der Waals surface area contributed by atoms with Gasteiger partial charge in [0.05, 0.1) is 0 Å². The number of thiophene rings is 1. The van der Waals surface area contributed by atoms with Crippen LogP contribution >= 0.6 is 22.9 Å². The molecular weight excluding hydrogens is 298 g/mol. The molecular formula is C18H16ClNS. The second kappa shape index (κ2) is 5.13. The number of rotatable bonds is 1. The summed E-state index contributed by atoms with van der Waals surface area (Å²) in [4.78, 5) is 3.84. The first-order valence-electron chi connectivity index (χ1n) is 7.16. The lowest BCUT2D eigenvalue weighted by atomic mass is 9.89. The third kappa shape index (κ3) is 2.38. The topological polar surface area (TPSA) is 3.24 Å². The van der Waals surface area contributed by atoms with E-state index in [-0.39, 0.29) is 0 Å². The molecule has 4 rings (SSSR count). The summed E-state index contributed by atoms with van der Waals surface area (Å²) in [6, 6.07) is 17.3. The van der Waals surface area contributed by atoms with Crippen molar-refractivity contribution in [2.24, 2.45) is 0 Å². The molecule has 0 saturated heterocycles. The zero-order valence-electron chi connectivity index (χ0n) is 11.8. The zero-order valence-corrected chi connectivity index (χ0v) is 13.4. The average Bonchev–Trinajstić information content (AvgIpc) is 2.89. The Labute approximate surface area is 133 Å². The number of nitrogens with zero attached hydrogens (tertiary/aromatic N) is 1. The molecule has 0 fully saturated rings. The van der Waals surface area contributed by atoms with Crippen molar-refractivity contribution in [2.45, 2.75) is 12.5 Å².